The van der Waals surface area contributed by atoms with E-state index in [4.69, 9.17) is 4.74 Å². The van der Waals surface area contributed by atoms with Gasteiger partial charge in [-0.2, -0.15) is 0 Å². The maximum Gasteiger partial charge on any atom is 0.337 e. The summed E-state index contributed by atoms with van der Waals surface area (Å²) in [4.78, 5) is 34.4. The normalized spacial score (nSPS) is 19.2. The first-order valence-corrected chi connectivity index (χ1v) is 7.12. The number of benzene rings is 1. The number of carbonyl (C=O) groups is 3. The van der Waals surface area contributed by atoms with Crippen molar-refractivity contribution in [2.75, 3.05) is 13.7 Å². The zero-order chi connectivity index (χ0) is 16.1. The van der Waals surface area contributed by atoms with Crippen LogP contribution >= 0.6 is 0 Å². The quantitative estimate of drug-likeness (QED) is 0.801. The molecule has 1 saturated carbocycles. The zero-order valence-electron chi connectivity index (χ0n) is 12.6. The number of hydrogen-bond acceptors (Lipinski definition) is 5. The summed E-state index contributed by atoms with van der Waals surface area (Å²) in [6, 6.07) is 6.71. The van der Waals surface area contributed by atoms with Gasteiger partial charge in [-0.25, -0.2) is 4.79 Å². The molecule has 0 bridgehead atoms. The van der Waals surface area contributed by atoms with E-state index in [0.29, 0.717) is 18.0 Å². The monoisotopic (exact) mass is 305 g/mol. The van der Waals surface area contributed by atoms with Gasteiger partial charge in [0, 0.05) is 6.54 Å². The van der Waals surface area contributed by atoms with Gasteiger partial charge in [-0.1, -0.05) is 19.1 Å². The lowest BCUT2D eigenvalue weighted by molar-refractivity contribution is -0.150. The van der Waals surface area contributed by atoms with E-state index in [-0.39, 0.29) is 24.4 Å². The Morgan fingerprint density at radius 1 is 1.23 bits per heavy atom. The van der Waals surface area contributed by atoms with Gasteiger partial charge in [0.2, 0.25) is 0 Å². The summed E-state index contributed by atoms with van der Waals surface area (Å²) in [6.45, 7) is 2.02. The van der Waals surface area contributed by atoms with Crippen LogP contribution in [-0.4, -0.2) is 31.6 Å². The van der Waals surface area contributed by atoms with Crippen molar-refractivity contribution in [1.82, 2.24) is 5.32 Å². The van der Waals surface area contributed by atoms with E-state index in [1.165, 1.54) is 7.11 Å². The fraction of sp³-hybridized carbons (Fsp3) is 0.438. The number of rotatable bonds is 6. The summed E-state index contributed by atoms with van der Waals surface area (Å²) >= 11 is 0. The third-order valence-corrected chi connectivity index (χ3v) is 3.62. The maximum atomic E-state index is 11.6. The average Bonchev–Trinajstić information content (AvgIpc) is 3.27. The number of methoxy groups -OCH3 is 1. The standard InChI is InChI=1S/C16H19NO5/c1-10-7-13(10)16(20)22-9-14(18)17-8-11-3-5-12(6-4-11)15(19)21-2/h3-6,10,13H,7-9H2,1-2H3,(H,17,18)/t10-,13+/m0/s1. The van der Waals surface area contributed by atoms with Gasteiger partial charge in [0.15, 0.2) is 6.61 Å². The summed E-state index contributed by atoms with van der Waals surface area (Å²) in [5.41, 5.74) is 1.29. The Morgan fingerprint density at radius 2 is 1.86 bits per heavy atom. The molecule has 0 aromatic heterocycles. The van der Waals surface area contributed by atoms with Crippen LogP contribution in [0.3, 0.4) is 0 Å². The fourth-order valence-corrected chi connectivity index (χ4v) is 2.02. The van der Waals surface area contributed by atoms with Crippen LogP contribution in [0.5, 0.6) is 0 Å². The maximum absolute atomic E-state index is 11.6. The summed E-state index contributed by atoms with van der Waals surface area (Å²) in [6.07, 6.45) is 0.840. The van der Waals surface area contributed by atoms with Crippen molar-refractivity contribution < 1.29 is 23.9 Å². The average molecular weight is 305 g/mol. The molecule has 6 nitrogen and oxygen atoms in total. The molecule has 1 aromatic carbocycles. The molecule has 1 aliphatic carbocycles. The second kappa shape index (κ2) is 7.06. The summed E-state index contributed by atoms with van der Waals surface area (Å²) in [5.74, 6) is -0.733. The van der Waals surface area contributed by atoms with Crippen LogP contribution in [0.15, 0.2) is 24.3 Å². The van der Waals surface area contributed by atoms with E-state index in [1.54, 1.807) is 24.3 Å². The minimum absolute atomic E-state index is 0.0429. The topological polar surface area (TPSA) is 81.7 Å². The molecule has 0 radical (unpaired) electrons. The number of esters is 2. The number of amides is 1. The highest BCUT2D eigenvalue weighted by molar-refractivity contribution is 5.89. The highest BCUT2D eigenvalue weighted by Gasteiger charge is 2.40. The lowest BCUT2D eigenvalue weighted by atomic mass is 10.1. The van der Waals surface area contributed by atoms with Crippen LogP contribution < -0.4 is 5.32 Å². The van der Waals surface area contributed by atoms with Crippen LogP contribution in [-0.2, 0) is 25.6 Å². The van der Waals surface area contributed by atoms with Gasteiger partial charge >= 0.3 is 11.9 Å². The molecule has 0 saturated heterocycles. The molecule has 0 spiro atoms. The minimum atomic E-state index is -0.406. The molecular weight excluding hydrogens is 286 g/mol. The first-order valence-electron chi connectivity index (χ1n) is 7.12. The molecule has 2 rings (SSSR count). The third-order valence-electron chi connectivity index (χ3n) is 3.62. The van der Waals surface area contributed by atoms with Crippen molar-refractivity contribution in [1.29, 1.82) is 0 Å². The SMILES string of the molecule is COC(=O)c1ccc(CNC(=O)COC(=O)[C@@H]2C[C@@H]2C)cc1. The van der Waals surface area contributed by atoms with Gasteiger partial charge in [0.1, 0.15) is 0 Å². The smallest absolute Gasteiger partial charge is 0.337 e. The molecule has 22 heavy (non-hydrogen) atoms. The molecule has 1 amide bonds. The van der Waals surface area contributed by atoms with E-state index >= 15 is 0 Å². The molecule has 1 fully saturated rings. The fourth-order valence-electron chi connectivity index (χ4n) is 2.02. The molecule has 0 heterocycles. The Bertz CT molecular complexity index is 566. The molecule has 6 heteroatoms. The lowest BCUT2D eigenvalue weighted by Gasteiger charge is -2.07. The van der Waals surface area contributed by atoms with E-state index in [2.05, 4.69) is 10.1 Å². The Labute approximate surface area is 128 Å². The second-order valence-electron chi connectivity index (χ2n) is 5.39. The van der Waals surface area contributed by atoms with Gasteiger partial charge in [0.25, 0.3) is 5.91 Å². The van der Waals surface area contributed by atoms with E-state index in [9.17, 15) is 14.4 Å². The lowest BCUT2D eigenvalue weighted by Crippen LogP contribution is -2.28. The van der Waals surface area contributed by atoms with Gasteiger partial charge in [-0.15, -0.1) is 0 Å². The second-order valence-corrected chi connectivity index (χ2v) is 5.39. The highest BCUT2D eigenvalue weighted by atomic mass is 16.5. The Balaban J connectivity index is 1.71. The van der Waals surface area contributed by atoms with Crippen LogP contribution in [0.1, 0.15) is 29.3 Å². The number of ether oxygens (including phenoxy) is 2. The van der Waals surface area contributed by atoms with Crippen molar-refractivity contribution in [3.05, 3.63) is 35.4 Å². The molecule has 118 valence electrons. The van der Waals surface area contributed by atoms with E-state index in [1.807, 2.05) is 6.92 Å². The van der Waals surface area contributed by atoms with E-state index in [0.717, 1.165) is 12.0 Å². The predicted octanol–water partition coefficient (Wildman–Crippen LogP) is 1.29. The molecule has 2 atom stereocenters. The van der Waals surface area contributed by atoms with Crippen molar-refractivity contribution in [3.63, 3.8) is 0 Å². The molecule has 0 aliphatic heterocycles. The van der Waals surface area contributed by atoms with Crippen molar-refractivity contribution >= 4 is 17.8 Å². The summed E-state index contributed by atoms with van der Waals surface area (Å²) in [5, 5.41) is 2.66. The summed E-state index contributed by atoms with van der Waals surface area (Å²) in [7, 11) is 1.32. The summed E-state index contributed by atoms with van der Waals surface area (Å²) < 4.78 is 9.54. The molecule has 1 aliphatic rings. The Morgan fingerprint density at radius 3 is 2.41 bits per heavy atom. The van der Waals surface area contributed by atoms with Gasteiger partial charge < -0.3 is 14.8 Å². The van der Waals surface area contributed by atoms with E-state index < -0.39 is 5.97 Å². The number of nitrogens with one attached hydrogen (secondary N) is 1. The third kappa shape index (κ3) is 4.31. The molecular formula is C16H19NO5. The molecule has 1 aromatic rings. The zero-order valence-corrected chi connectivity index (χ0v) is 12.6. The largest absolute Gasteiger partial charge is 0.465 e. The Hall–Kier alpha value is -2.37. The van der Waals surface area contributed by atoms with Gasteiger partial charge in [0.05, 0.1) is 18.6 Å². The molecule has 1 N–H and O–H groups in total. The van der Waals surface area contributed by atoms with Gasteiger partial charge in [-0.3, -0.25) is 9.59 Å². The van der Waals surface area contributed by atoms with Crippen LogP contribution in [0.4, 0.5) is 0 Å². The van der Waals surface area contributed by atoms with Crippen LogP contribution in [0.2, 0.25) is 0 Å². The number of hydrogen-bond donors (Lipinski definition) is 1. The van der Waals surface area contributed by atoms with Crippen molar-refractivity contribution in [3.8, 4) is 0 Å². The van der Waals surface area contributed by atoms with Crippen LogP contribution in [0.25, 0.3) is 0 Å². The first-order chi connectivity index (χ1) is 10.5. The predicted molar refractivity (Wildman–Crippen MR) is 77.9 cm³/mol. The number of carbonyl (C=O) groups excluding carboxylic acids is 3. The molecule has 0 unspecified atom stereocenters. The van der Waals surface area contributed by atoms with Crippen molar-refractivity contribution in [2.45, 2.75) is 19.9 Å². The minimum Gasteiger partial charge on any atom is -0.465 e. The van der Waals surface area contributed by atoms with Gasteiger partial charge in [-0.05, 0) is 30.0 Å². The first kappa shape index (κ1) is 16.0. The van der Waals surface area contributed by atoms with Crippen molar-refractivity contribution in [2.24, 2.45) is 11.8 Å². The highest BCUT2D eigenvalue weighted by Crippen LogP contribution is 2.38. The van der Waals surface area contributed by atoms with Crippen LogP contribution in [0, 0.1) is 11.8 Å². The Kier molecular flexibility index (Phi) is 5.14.